The van der Waals surface area contributed by atoms with Crippen LogP contribution < -0.4 is 15.6 Å². The average Bonchev–Trinajstić information content (AvgIpc) is 2.85. The average molecular weight is 607 g/mol. The van der Waals surface area contributed by atoms with E-state index in [4.69, 9.17) is 4.74 Å². The number of carbonyl (C=O) groups excluding carboxylic acids is 4. The van der Waals surface area contributed by atoms with E-state index in [1.54, 1.807) is 48.5 Å². The second kappa shape index (κ2) is 16.1. The van der Waals surface area contributed by atoms with Crippen molar-refractivity contribution in [3.05, 3.63) is 0 Å². The van der Waals surface area contributed by atoms with E-state index in [1.165, 1.54) is 0 Å². The van der Waals surface area contributed by atoms with Crippen molar-refractivity contribution in [1.82, 2.24) is 15.6 Å². The van der Waals surface area contributed by atoms with Gasteiger partial charge in [0.25, 0.3) is 0 Å². The zero-order valence-corrected chi connectivity index (χ0v) is 27.2. The van der Waals surface area contributed by atoms with Crippen LogP contribution in [0.5, 0.6) is 0 Å². The molecule has 13 heteroatoms. The van der Waals surface area contributed by atoms with E-state index in [-0.39, 0.29) is 37.5 Å². The lowest BCUT2D eigenvalue weighted by atomic mass is 9.57. The first kappa shape index (κ1) is 37.5. The van der Waals surface area contributed by atoms with Crippen molar-refractivity contribution >= 4 is 53.8 Å². The van der Waals surface area contributed by atoms with Gasteiger partial charge in [0, 0.05) is 24.8 Å². The molecule has 2 amide bonds. The first-order valence-corrected chi connectivity index (χ1v) is 16.1. The van der Waals surface area contributed by atoms with Crippen LogP contribution in [0.25, 0.3) is 0 Å². The van der Waals surface area contributed by atoms with E-state index in [9.17, 15) is 29.5 Å². The number of hydrazine groups is 1. The molecule has 0 aromatic carbocycles. The van der Waals surface area contributed by atoms with E-state index in [2.05, 4.69) is 42.3 Å². The van der Waals surface area contributed by atoms with Gasteiger partial charge in [-0.3, -0.25) is 14.4 Å². The molecule has 0 rings (SSSR count). The Labute approximate surface area is 243 Å². The fraction of sp³-hybridized carbons (Fsp3) is 0.808. The molecule has 0 saturated carbocycles. The number of ether oxygens (including phenoxy) is 1. The highest BCUT2D eigenvalue weighted by Gasteiger charge is 2.55. The highest BCUT2D eigenvalue weighted by atomic mass is 32.5. The SMILES string of the molecule is CCC(C)(CC(C)(C(=O)S(=P)NNC(=O)OC(C)(C)C)C(C)(C#N)CCC(=O)CCCS)C(=O)NCC(C)O. The molecule has 10 nitrogen and oxygen atoms in total. The van der Waals surface area contributed by atoms with Gasteiger partial charge in [0.15, 0.2) is 0 Å². The fourth-order valence-corrected chi connectivity index (χ4v) is 6.02. The summed E-state index contributed by atoms with van der Waals surface area (Å²) < 4.78 is 5.21. The third-order valence-corrected chi connectivity index (χ3v) is 9.21. The van der Waals surface area contributed by atoms with Crippen LogP contribution in [0.3, 0.4) is 0 Å². The Morgan fingerprint density at radius 3 is 2.18 bits per heavy atom. The molecule has 224 valence electrons. The van der Waals surface area contributed by atoms with Crippen LogP contribution in [-0.4, -0.2) is 52.0 Å². The summed E-state index contributed by atoms with van der Waals surface area (Å²) in [6.45, 7) is 13.5. The summed E-state index contributed by atoms with van der Waals surface area (Å²) in [5.74, 6) is 0.176. The van der Waals surface area contributed by atoms with Gasteiger partial charge >= 0.3 is 6.09 Å². The standard InChI is InChI=1S/C26H47N4O6PS2/c1-9-24(6,20(33)28-15-18(2)31)16-26(8,25(7,17-27)13-12-19(32)11-10-14-38)21(34)39(37)30-29-22(35)36-23(3,4)5/h18,30-31,37-38H,9-16H2,1-8H3,(H,28,33)(H,29,35). The Bertz CT molecular complexity index is 952. The van der Waals surface area contributed by atoms with E-state index in [0.717, 1.165) is 0 Å². The Kier molecular flexibility index (Phi) is 15.4. The molecule has 5 atom stereocenters. The number of nitrogens with zero attached hydrogens (tertiary/aromatic N) is 1. The number of nitrogens with one attached hydrogen (secondary N) is 3. The summed E-state index contributed by atoms with van der Waals surface area (Å²) in [4.78, 5) is 54.6. The molecule has 0 heterocycles. The molecule has 0 saturated heterocycles. The van der Waals surface area contributed by atoms with Crippen molar-refractivity contribution in [2.45, 2.75) is 106 Å². The zero-order valence-electron chi connectivity index (χ0n) is 24.5. The van der Waals surface area contributed by atoms with E-state index in [0.29, 0.717) is 25.0 Å². The van der Waals surface area contributed by atoms with Gasteiger partial charge in [-0.15, -0.1) is 0 Å². The van der Waals surface area contributed by atoms with E-state index < -0.39 is 49.4 Å². The van der Waals surface area contributed by atoms with Gasteiger partial charge in [0.1, 0.15) is 11.4 Å². The number of aliphatic hydroxyl groups is 1. The van der Waals surface area contributed by atoms with Crippen molar-refractivity contribution in [3.63, 3.8) is 0 Å². The van der Waals surface area contributed by atoms with E-state index >= 15 is 0 Å². The highest BCUT2D eigenvalue weighted by molar-refractivity contribution is 8.25. The lowest BCUT2D eigenvalue weighted by Gasteiger charge is -2.45. The number of thiol groups is 1. The maximum Gasteiger partial charge on any atom is 0.422 e. The van der Waals surface area contributed by atoms with Gasteiger partial charge in [0.2, 0.25) is 11.0 Å². The number of hydrogen-bond acceptors (Lipinski definition) is 8. The molecule has 0 aliphatic heterocycles. The molecule has 5 unspecified atom stereocenters. The maximum atomic E-state index is 14.1. The van der Waals surface area contributed by atoms with E-state index in [1.807, 2.05) is 6.92 Å². The van der Waals surface area contributed by atoms with Crippen molar-refractivity contribution < 1.29 is 29.0 Å². The van der Waals surface area contributed by atoms with Crippen LogP contribution in [0.4, 0.5) is 4.79 Å². The summed E-state index contributed by atoms with van der Waals surface area (Å²) in [7, 11) is 1.91. The number of Topliss-reactive ketones (excluding diaryl/α,β-unsaturated/α-hetero) is 1. The summed E-state index contributed by atoms with van der Waals surface area (Å²) in [5.41, 5.74) is -2.27. The molecule has 39 heavy (non-hydrogen) atoms. The summed E-state index contributed by atoms with van der Waals surface area (Å²) in [6.07, 6.45) is -0.0711. The molecule has 0 aliphatic rings. The molecule has 0 aliphatic carbocycles. The number of nitriles is 1. The highest BCUT2D eigenvalue weighted by Crippen LogP contribution is 2.51. The number of amides is 2. The molecule has 0 bridgehead atoms. The first-order chi connectivity index (χ1) is 17.8. The topological polar surface area (TPSA) is 158 Å². The maximum absolute atomic E-state index is 14.1. The second-order valence-corrected chi connectivity index (χ2v) is 14.5. The monoisotopic (exact) mass is 606 g/mol. The fourth-order valence-electron chi connectivity index (χ4n) is 4.01. The van der Waals surface area contributed by atoms with Gasteiger partial charge < -0.3 is 15.2 Å². The van der Waals surface area contributed by atoms with Crippen molar-refractivity contribution in [2.24, 2.45) is 16.2 Å². The van der Waals surface area contributed by atoms with Crippen LogP contribution in [0.2, 0.25) is 0 Å². The van der Waals surface area contributed by atoms with Crippen LogP contribution >= 0.6 is 20.6 Å². The molecule has 0 fully saturated rings. The van der Waals surface area contributed by atoms with Gasteiger partial charge in [-0.25, -0.2) is 10.2 Å². The summed E-state index contributed by atoms with van der Waals surface area (Å²) >= 11 is 4.14. The minimum absolute atomic E-state index is 0.0159. The Hall–Kier alpha value is -1.51. The predicted molar refractivity (Wildman–Crippen MR) is 160 cm³/mol. The van der Waals surface area contributed by atoms with Gasteiger partial charge in [-0.05, 0) is 76.3 Å². The zero-order chi connectivity index (χ0) is 30.7. The Morgan fingerprint density at radius 1 is 1.13 bits per heavy atom. The molecule has 4 N–H and O–H groups in total. The summed E-state index contributed by atoms with van der Waals surface area (Å²) in [6, 6.07) is 2.28. The normalized spacial score (nSPS) is 17.8. The minimum Gasteiger partial charge on any atom is -0.443 e. The Morgan fingerprint density at radius 2 is 1.72 bits per heavy atom. The lowest BCUT2D eigenvalue weighted by molar-refractivity contribution is -0.138. The smallest absolute Gasteiger partial charge is 0.422 e. The van der Waals surface area contributed by atoms with Gasteiger partial charge in [-0.2, -0.15) is 22.7 Å². The van der Waals surface area contributed by atoms with Crippen LogP contribution in [0.1, 0.15) is 93.9 Å². The predicted octanol–water partition coefficient (Wildman–Crippen LogP) is 4.03. The van der Waals surface area contributed by atoms with Crippen molar-refractivity contribution in [2.75, 3.05) is 12.3 Å². The molecule has 0 aromatic heterocycles. The van der Waals surface area contributed by atoms with Crippen molar-refractivity contribution in [1.29, 1.82) is 5.26 Å². The first-order valence-electron chi connectivity index (χ1n) is 13.1. The molecular formula is C26H47N4O6PS2. The number of aliphatic hydroxyl groups excluding tert-OH is 1. The number of rotatable bonds is 16. The third-order valence-electron chi connectivity index (χ3n) is 6.90. The molecular weight excluding hydrogens is 559 g/mol. The quantitative estimate of drug-likeness (QED) is 0.100. The second-order valence-electron chi connectivity index (χ2n) is 11.6. The largest absolute Gasteiger partial charge is 0.443 e. The van der Waals surface area contributed by atoms with Crippen LogP contribution in [0, 0.1) is 27.6 Å². The molecule has 0 aromatic rings. The lowest BCUT2D eigenvalue weighted by Crippen LogP contribution is -2.54. The number of ketones is 1. The van der Waals surface area contributed by atoms with Crippen LogP contribution in [-0.2, 0) is 29.4 Å². The Balaban J connectivity index is 6.33. The minimum atomic E-state index is -1.47. The van der Waals surface area contributed by atoms with Crippen LogP contribution in [0.15, 0.2) is 0 Å². The molecule has 0 spiro atoms. The van der Waals surface area contributed by atoms with Gasteiger partial charge in [-0.1, -0.05) is 28.8 Å². The summed E-state index contributed by atoms with van der Waals surface area (Å²) in [5, 5.41) is 22.3. The van der Waals surface area contributed by atoms with Gasteiger partial charge in [0.05, 0.1) is 23.0 Å². The number of carbonyl (C=O) groups is 4. The van der Waals surface area contributed by atoms with Crippen molar-refractivity contribution in [3.8, 4) is 6.07 Å². The number of hydrogen-bond donors (Lipinski definition) is 5. The molecule has 0 radical (unpaired) electrons. The third kappa shape index (κ3) is 11.9.